The van der Waals surface area contributed by atoms with Gasteiger partial charge in [0.1, 0.15) is 11.5 Å². The highest BCUT2D eigenvalue weighted by atomic mass is 35.5. The lowest BCUT2D eigenvalue weighted by Crippen LogP contribution is -2.30. The van der Waals surface area contributed by atoms with Crippen molar-refractivity contribution in [2.24, 2.45) is 0 Å². The number of hydrogen-bond donors (Lipinski definition) is 1. The maximum absolute atomic E-state index is 12.6. The smallest absolute Gasteiger partial charge is 0.271 e. The highest BCUT2D eigenvalue weighted by Gasteiger charge is 2.17. The third kappa shape index (κ3) is 5.27. The van der Waals surface area contributed by atoms with Crippen molar-refractivity contribution in [1.82, 2.24) is 20.2 Å². The molecule has 1 saturated heterocycles. The van der Waals surface area contributed by atoms with Gasteiger partial charge in [-0.2, -0.15) is 0 Å². The summed E-state index contributed by atoms with van der Waals surface area (Å²) in [6, 6.07) is 8.28. The number of rotatable bonds is 6. The Hall–Kier alpha value is -1.98. The molecule has 1 aromatic carbocycles. The Morgan fingerprint density at radius 3 is 2.59 bits per heavy atom. The normalized spacial score (nSPS) is 15.1. The number of carbonyl (C=O) groups is 1. The molecular formula is C21H27ClN4O. The molecule has 27 heavy (non-hydrogen) atoms. The van der Waals surface area contributed by atoms with Gasteiger partial charge in [-0.05, 0) is 37.1 Å². The summed E-state index contributed by atoms with van der Waals surface area (Å²) in [5, 5.41) is 3.24. The van der Waals surface area contributed by atoms with E-state index in [1.54, 1.807) is 0 Å². The van der Waals surface area contributed by atoms with E-state index in [1.807, 2.05) is 19.9 Å². The fourth-order valence-electron chi connectivity index (χ4n) is 3.32. The Kier molecular flexibility index (Phi) is 6.80. The third-order valence-corrected chi connectivity index (χ3v) is 5.17. The number of carbonyl (C=O) groups excluding carboxylic acids is 1. The summed E-state index contributed by atoms with van der Waals surface area (Å²) in [6.45, 7) is 7.66. The quantitative estimate of drug-likeness (QED) is 0.809. The number of halogens is 1. The zero-order chi connectivity index (χ0) is 19.2. The minimum atomic E-state index is -0.267. The molecule has 1 fully saturated rings. The number of piperidine rings is 1. The first-order valence-corrected chi connectivity index (χ1v) is 10.0. The van der Waals surface area contributed by atoms with Crippen molar-refractivity contribution in [3.63, 3.8) is 0 Å². The molecule has 144 valence electrons. The second-order valence-corrected chi connectivity index (χ2v) is 7.77. The fourth-order valence-corrected chi connectivity index (χ4v) is 3.50. The standard InChI is InChI=1S/C21H27ClN4O/c1-15(2)20-23-13-18(22)19(25-20)21(27)24-12-16-8-4-5-9-17(16)14-26-10-6-3-7-11-26/h4-5,8-9,13,15H,3,6-7,10-12,14H2,1-2H3,(H,24,27). The zero-order valence-corrected chi connectivity index (χ0v) is 16.8. The molecule has 1 N–H and O–H groups in total. The number of aromatic nitrogens is 2. The zero-order valence-electron chi connectivity index (χ0n) is 16.0. The molecule has 0 aliphatic carbocycles. The summed E-state index contributed by atoms with van der Waals surface area (Å²) in [5.41, 5.74) is 2.63. The summed E-state index contributed by atoms with van der Waals surface area (Å²) >= 11 is 6.15. The van der Waals surface area contributed by atoms with Gasteiger partial charge in [0.2, 0.25) is 0 Å². The highest BCUT2D eigenvalue weighted by Crippen LogP contribution is 2.18. The van der Waals surface area contributed by atoms with Crippen molar-refractivity contribution in [2.45, 2.75) is 52.1 Å². The van der Waals surface area contributed by atoms with Gasteiger partial charge in [0.15, 0.2) is 0 Å². The van der Waals surface area contributed by atoms with E-state index >= 15 is 0 Å². The Morgan fingerprint density at radius 1 is 1.19 bits per heavy atom. The van der Waals surface area contributed by atoms with Gasteiger partial charge in [0, 0.05) is 19.0 Å². The molecule has 0 radical (unpaired) electrons. The van der Waals surface area contributed by atoms with Crippen LogP contribution in [0.25, 0.3) is 0 Å². The van der Waals surface area contributed by atoms with Crippen LogP contribution < -0.4 is 5.32 Å². The summed E-state index contributed by atoms with van der Waals surface area (Å²) in [4.78, 5) is 23.6. The molecule has 0 bridgehead atoms. The number of nitrogens with zero attached hydrogens (tertiary/aromatic N) is 3. The number of likely N-dealkylation sites (tertiary alicyclic amines) is 1. The van der Waals surface area contributed by atoms with Gasteiger partial charge in [-0.3, -0.25) is 9.69 Å². The van der Waals surface area contributed by atoms with Crippen molar-refractivity contribution in [3.8, 4) is 0 Å². The number of hydrogen-bond acceptors (Lipinski definition) is 4. The van der Waals surface area contributed by atoms with Crippen LogP contribution in [-0.4, -0.2) is 33.9 Å². The van der Waals surface area contributed by atoms with Crippen molar-refractivity contribution < 1.29 is 4.79 Å². The fraction of sp³-hybridized carbons (Fsp3) is 0.476. The first kappa shape index (κ1) is 19.8. The van der Waals surface area contributed by atoms with E-state index in [9.17, 15) is 4.79 Å². The van der Waals surface area contributed by atoms with Crippen molar-refractivity contribution >= 4 is 17.5 Å². The molecule has 1 aliphatic heterocycles. The maximum Gasteiger partial charge on any atom is 0.271 e. The largest absolute Gasteiger partial charge is 0.347 e. The lowest BCUT2D eigenvalue weighted by atomic mass is 10.0. The number of benzene rings is 1. The molecule has 0 saturated carbocycles. The van der Waals surface area contributed by atoms with Crippen LogP contribution in [0.2, 0.25) is 5.02 Å². The minimum absolute atomic E-state index is 0.138. The van der Waals surface area contributed by atoms with E-state index in [0.29, 0.717) is 12.4 Å². The van der Waals surface area contributed by atoms with Crippen LogP contribution in [0, 0.1) is 0 Å². The maximum atomic E-state index is 12.6. The van der Waals surface area contributed by atoms with Crippen LogP contribution in [0.1, 0.15) is 66.5 Å². The molecule has 5 nitrogen and oxygen atoms in total. The topological polar surface area (TPSA) is 58.1 Å². The molecule has 2 heterocycles. The minimum Gasteiger partial charge on any atom is -0.347 e. The first-order chi connectivity index (χ1) is 13.0. The summed E-state index contributed by atoms with van der Waals surface area (Å²) < 4.78 is 0. The Balaban J connectivity index is 1.68. The van der Waals surface area contributed by atoms with Gasteiger partial charge in [-0.15, -0.1) is 0 Å². The van der Waals surface area contributed by atoms with Crippen molar-refractivity contribution in [2.75, 3.05) is 13.1 Å². The average molecular weight is 387 g/mol. The van der Waals surface area contributed by atoms with Gasteiger partial charge in [0.05, 0.1) is 11.2 Å². The van der Waals surface area contributed by atoms with Crippen LogP contribution >= 0.6 is 11.6 Å². The Labute approximate surface area is 166 Å². The van der Waals surface area contributed by atoms with Crippen LogP contribution in [0.3, 0.4) is 0 Å². The highest BCUT2D eigenvalue weighted by molar-refractivity contribution is 6.33. The Bertz CT molecular complexity index is 788. The molecule has 2 aromatic rings. The molecule has 3 rings (SSSR count). The van der Waals surface area contributed by atoms with E-state index in [4.69, 9.17) is 11.6 Å². The molecule has 0 atom stereocenters. The molecule has 0 spiro atoms. The third-order valence-electron chi connectivity index (χ3n) is 4.89. The lowest BCUT2D eigenvalue weighted by Gasteiger charge is -2.27. The second kappa shape index (κ2) is 9.29. The molecule has 0 unspecified atom stereocenters. The van der Waals surface area contributed by atoms with E-state index in [2.05, 4.69) is 38.4 Å². The predicted octanol–water partition coefficient (Wildman–Crippen LogP) is 4.17. The van der Waals surface area contributed by atoms with Gasteiger partial charge in [-0.25, -0.2) is 9.97 Å². The van der Waals surface area contributed by atoms with Crippen molar-refractivity contribution in [3.05, 3.63) is 58.1 Å². The molecule has 1 amide bonds. The van der Waals surface area contributed by atoms with Crippen LogP contribution in [0.4, 0.5) is 0 Å². The number of nitrogens with one attached hydrogen (secondary N) is 1. The van der Waals surface area contributed by atoms with Crippen LogP contribution in [0.5, 0.6) is 0 Å². The van der Waals surface area contributed by atoms with Gasteiger partial charge in [0.25, 0.3) is 5.91 Å². The van der Waals surface area contributed by atoms with E-state index in [0.717, 1.165) is 25.2 Å². The number of amides is 1. The van der Waals surface area contributed by atoms with E-state index in [1.165, 1.54) is 31.0 Å². The SMILES string of the molecule is CC(C)c1ncc(Cl)c(C(=O)NCc2ccccc2CN2CCCCC2)n1. The van der Waals surface area contributed by atoms with Crippen molar-refractivity contribution in [1.29, 1.82) is 0 Å². The summed E-state index contributed by atoms with van der Waals surface area (Å²) in [5.74, 6) is 0.492. The average Bonchev–Trinajstić information content (AvgIpc) is 2.68. The molecule has 1 aromatic heterocycles. The van der Waals surface area contributed by atoms with Crippen LogP contribution in [0.15, 0.2) is 30.5 Å². The lowest BCUT2D eigenvalue weighted by molar-refractivity contribution is 0.0945. The Morgan fingerprint density at radius 2 is 1.89 bits per heavy atom. The summed E-state index contributed by atoms with van der Waals surface area (Å²) in [7, 11) is 0. The molecule has 1 aliphatic rings. The van der Waals surface area contributed by atoms with Gasteiger partial charge >= 0.3 is 0 Å². The van der Waals surface area contributed by atoms with Crippen LogP contribution in [-0.2, 0) is 13.1 Å². The van der Waals surface area contributed by atoms with E-state index in [-0.39, 0.29) is 22.5 Å². The second-order valence-electron chi connectivity index (χ2n) is 7.37. The monoisotopic (exact) mass is 386 g/mol. The van der Waals surface area contributed by atoms with Gasteiger partial charge in [-0.1, -0.05) is 56.1 Å². The van der Waals surface area contributed by atoms with E-state index < -0.39 is 0 Å². The molecular weight excluding hydrogens is 360 g/mol. The van der Waals surface area contributed by atoms with Gasteiger partial charge < -0.3 is 5.32 Å². The predicted molar refractivity (Wildman–Crippen MR) is 108 cm³/mol. The first-order valence-electron chi connectivity index (χ1n) is 9.64. The summed E-state index contributed by atoms with van der Waals surface area (Å²) in [6.07, 6.45) is 5.36. The molecule has 6 heteroatoms.